The Morgan fingerprint density at radius 2 is 1.39 bits per heavy atom. The number of fused-ring (bicyclic) bond motifs is 1. The number of hydrogen-bond donors (Lipinski definition) is 1. The Bertz CT molecular complexity index is 966. The third-order valence-corrected chi connectivity index (χ3v) is 5.69. The molecule has 5 rings (SSSR count). The molecule has 0 unspecified atom stereocenters. The van der Waals surface area contributed by atoms with Gasteiger partial charge in [0, 0.05) is 44.1 Å². The summed E-state index contributed by atoms with van der Waals surface area (Å²) in [6, 6.07) is 19.0. The van der Waals surface area contributed by atoms with Crippen LogP contribution in [0.15, 0.2) is 60.9 Å². The maximum atomic E-state index is 6.57. The van der Waals surface area contributed by atoms with Crippen molar-refractivity contribution in [3.63, 3.8) is 0 Å². The molecule has 28 heavy (non-hydrogen) atoms. The number of aromatic nitrogens is 2. The van der Waals surface area contributed by atoms with Gasteiger partial charge in [-0.1, -0.05) is 36.4 Å². The topological polar surface area (TPSA) is 61.5 Å². The minimum absolute atomic E-state index is 0.673. The average Bonchev–Trinajstić information content (AvgIpc) is 3.19. The molecule has 6 nitrogen and oxygen atoms in total. The highest BCUT2D eigenvalue weighted by atomic mass is 15.3. The molecule has 3 heterocycles. The van der Waals surface area contributed by atoms with Crippen molar-refractivity contribution in [2.45, 2.75) is 6.42 Å². The van der Waals surface area contributed by atoms with Gasteiger partial charge in [0.1, 0.15) is 12.0 Å². The maximum Gasteiger partial charge on any atom is 0.161 e. The van der Waals surface area contributed by atoms with E-state index in [4.69, 9.17) is 5.73 Å². The second kappa shape index (κ2) is 7.03. The fourth-order valence-electron chi connectivity index (χ4n) is 4.22. The Morgan fingerprint density at radius 1 is 0.714 bits per heavy atom. The zero-order chi connectivity index (χ0) is 18.9. The van der Waals surface area contributed by atoms with E-state index in [0.29, 0.717) is 5.69 Å². The molecule has 3 aromatic rings. The Morgan fingerprint density at radius 3 is 2.21 bits per heavy atom. The SMILES string of the molecule is Nc1c(N2CCN(c3ccccc3)CC2)ncnc1N1CCc2ccccc21. The van der Waals surface area contributed by atoms with Crippen molar-refractivity contribution < 1.29 is 0 Å². The maximum absolute atomic E-state index is 6.57. The molecule has 0 radical (unpaired) electrons. The lowest BCUT2D eigenvalue weighted by molar-refractivity contribution is 0.647. The van der Waals surface area contributed by atoms with Gasteiger partial charge in [0.25, 0.3) is 0 Å². The van der Waals surface area contributed by atoms with E-state index in [9.17, 15) is 0 Å². The third-order valence-electron chi connectivity index (χ3n) is 5.69. The van der Waals surface area contributed by atoms with Gasteiger partial charge in [-0.15, -0.1) is 0 Å². The Kier molecular flexibility index (Phi) is 4.24. The van der Waals surface area contributed by atoms with Crippen molar-refractivity contribution in [1.82, 2.24) is 9.97 Å². The van der Waals surface area contributed by atoms with Gasteiger partial charge < -0.3 is 20.4 Å². The smallest absolute Gasteiger partial charge is 0.161 e. The van der Waals surface area contributed by atoms with Crippen LogP contribution in [0, 0.1) is 0 Å². The van der Waals surface area contributed by atoms with E-state index in [1.54, 1.807) is 6.33 Å². The second-order valence-electron chi connectivity index (χ2n) is 7.27. The molecule has 0 spiro atoms. The van der Waals surface area contributed by atoms with Crippen LogP contribution in [0.25, 0.3) is 0 Å². The number of nitrogens with zero attached hydrogens (tertiary/aromatic N) is 5. The zero-order valence-electron chi connectivity index (χ0n) is 15.8. The molecule has 2 aromatic carbocycles. The van der Waals surface area contributed by atoms with Crippen molar-refractivity contribution in [2.75, 3.05) is 53.2 Å². The summed E-state index contributed by atoms with van der Waals surface area (Å²) in [6.45, 7) is 4.60. The highest BCUT2D eigenvalue weighted by Gasteiger charge is 2.26. The monoisotopic (exact) mass is 372 g/mol. The first kappa shape index (κ1) is 16.9. The molecule has 142 valence electrons. The molecule has 0 atom stereocenters. The molecule has 1 saturated heterocycles. The van der Waals surface area contributed by atoms with E-state index in [2.05, 4.69) is 79.3 Å². The number of nitrogen functional groups attached to an aromatic ring is 1. The van der Waals surface area contributed by atoms with Gasteiger partial charge in [0.15, 0.2) is 11.6 Å². The molecular weight excluding hydrogens is 348 g/mol. The van der Waals surface area contributed by atoms with E-state index in [1.807, 2.05) is 0 Å². The molecule has 0 bridgehead atoms. The summed E-state index contributed by atoms with van der Waals surface area (Å²) in [5.74, 6) is 1.67. The van der Waals surface area contributed by atoms with Crippen molar-refractivity contribution in [1.29, 1.82) is 0 Å². The summed E-state index contributed by atoms with van der Waals surface area (Å²) < 4.78 is 0. The van der Waals surface area contributed by atoms with Gasteiger partial charge in [-0.3, -0.25) is 0 Å². The van der Waals surface area contributed by atoms with Gasteiger partial charge in [0.05, 0.1) is 0 Å². The van der Waals surface area contributed by atoms with Crippen LogP contribution in [0.5, 0.6) is 0 Å². The lowest BCUT2D eigenvalue weighted by Gasteiger charge is -2.37. The first-order valence-corrected chi connectivity index (χ1v) is 9.82. The van der Waals surface area contributed by atoms with Crippen LogP contribution in [0.1, 0.15) is 5.56 Å². The Balaban J connectivity index is 1.37. The first-order chi connectivity index (χ1) is 13.8. The lowest BCUT2D eigenvalue weighted by atomic mass is 10.2. The summed E-state index contributed by atoms with van der Waals surface area (Å²) in [6.07, 6.45) is 2.66. The van der Waals surface area contributed by atoms with Gasteiger partial charge in [0.2, 0.25) is 0 Å². The van der Waals surface area contributed by atoms with Gasteiger partial charge in [-0.25, -0.2) is 9.97 Å². The number of para-hydroxylation sites is 2. The van der Waals surface area contributed by atoms with Crippen molar-refractivity contribution >= 4 is 28.7 Å². The number of benzene rings is 2. The number of piperazine rings is 1. The quantitative estimate of drug-likeness (QED) is 0.762. The van der Waals surface area contributed by atoms with Crippen molar-refractivity contribution in [3.8, 4) is 0 Å². The second-order valence-corrected chi connectivity index (χ2v) is 7.27. The van der Waals surface area contributed by atoms with Gasteiger partial charge in [-0.2, -0.15) is 0 Å². The zero-order valence-corrected chi connectivity index (χ0v) is 15.8. The molecule has 2 N–H and O–H groups in total. The first-order valence-electron chi connectivity index (χ1n) is 9.82. The summed E-state index contributed by atoms with van der Waals surface area (Å²) in [4.78, 5) is 16.0. The summed E-state index contributed by atoms with van der Waals surface area (Å²) in [5.41, 5.74) is 11.1. The minimum Gasteiger partial charge on any atom is -0.393 e. The summed E-state index contributed by atoms with van der Waals surface area (Å²) in [7, 11) is 0. The molecule has 0 amide bonds. The number of rotatable bonds is 3. The normalized spacial score (nSPS) is 16.4. The number of hydrogen-bond acceptors (Lipinski definition) is 6. The van der Waals surface area contributed by atoms with Crippen LogP contribution in [0.2, 0.25) is 0 Å². The molecule has 0 aliphatic carbocycles. The largest absolute Gasteiger partial charge is 0.393 e. The molecular formula is C22H24N6. The molecule has 0 saturated carbocycles. The van der Waals surface area contributed by atoms with Gasteiger partial charge in [-0.05, 0) is 30.2 Å². The van der Waals surface area contributed by atoms with E-state index in [1.165, 1.54) is 16.9 Å². The molecule has 1 aromatic heterocycles. The fourth-order valence-corrected chi connectivity index (χ4v) is 4.22. The summed E-state index contributed by atoms with van der Waals surface area (Å²) in [5, 5.41) is 0. The molecule has 1 fully saturated rings. The van der Waals surface area contributed by atoms with Crippen LogP contribution >= 0.6 is 0 Å². The van der Waals surface area contributed by atoms with Gasteiger partial charge >= 0.3 is 0 Å². The van der Waals surface area contributed by atoms with Crippen molar-refractivity contribution in [2.24, 2.45) is 0 Å². The Hall–Kier alpha value is -3.28. The number of anilines is 5. The van der Waals surface area contributed by atoms with E-state index < -0.39 is 0 Å². The van der Waals surface area contributed by atoms with Crippen LogP contribution in [0.4, 0.5) is 28.7 Å². The van der Waals surface area contributed by atoms with E-state index in [0.717, 1.165) is 50.8 Å². The predicted octanol–water partition coefficient (Wildman–Crippen LogP) is 3.08. The molecule has 6 heteroatoms. The fraction of sp³-hybridized carbons (Fsp3) is 0.273. The highest BCUT2D eigenvalue weighted by Crippen LogP contribution is 2.38. The van der Waals surface area contributed by atoms with Crippen LogP contribution in [-0.4, -0.2) is 42.7 Å². The minimum atomic E-state index is 0.673. The van der Waals surface area contributed by atoms with Crippen LogP contribution < -0.4 is 20.4 Å². The standard InChI is InChI=1S/C22H24N6/c23-20-21(27-14-12-26(13-15-27)18-7-2-1-3-8-18)24-16-25-22(20)28-11-10-17-6-4-5-9-19(17)28/h1-9,16H,10-15,23H2. The number of nitrogens with two attached hydrogens (primary N) is 1. The van der Waals surface area contributed by atoms with E-state index >= 15 is 0 Å². The lowest BCUT2D eigenvalue weighted by Crippen LogP contribution is -2.47. The van der Waals surface area contributed by atoms with E-state index in [-0.39, 0.29) is 0 Å². The van der Waals surface area contributed by atoms with Crippen LogP contribution in [0.3, 0.4) is 0 Å². The molecule has 2 aliphatic heterocycles. The van der Waals surface area contributed by atoms with Crippen LogP contribution in [-0.2, 0) is 6.42 Å². The average molecular weight is 372 g/mol. The Labute approximate surface area is 165 Å². The third kappa shape index (κ3) is 2.91. The summed E-state index contributed by atoms with van der Waals surface area (Å²) >= 11 is 0. The molecule has 2 aliphatic rings. The highest BCUT2D eigenvalue weighted by molar-refractivity contribution is 5.81. The van der Waals surface area contributed by atoms with Crippen molar-refractivity contribution in [3.05, 3.63) is 66.5 Å². The predicted molar refractivity (Wildman–Crippen MR) is 114 cm³/mol.